The molecule has 0 saturated carbocycles. The minimum absolute atomic E-state index is 0.0981. The molecule has 3 atom stereocenters. The molecule has 0 aliphatic rings. The van der Waals surface area contributed by atoms with Gasteiger partial charge in [0.15, 0.2) is 0 Å². The van der Waals surface area contributed by atoms with E-state index in [2.05, 4.69) is 5.32 Å². The molecule has 4 heteroatoms. The number of hydrogen-bond donors (Lipinski definition) is 3. The maximum Gasteiger partial charge on any atom is 0.224 e. The Morgan fingerprint density at radius 2 is 1.88 bits per heavy atom. The van der Waals surface area contributed by atoms with Crippen molar-refractivity contribution in [2.45, 2.75) is 52.7 Å². The molecule has 0 radical (unpaired) electrons. The number of rotatable bonds is 6. The maximum absolute atomic E-state index is 11.6. The van der Waals surface area contributed by atoms with Crippen molar-refractivity contribution < 1.29 is 9.90 Å². The van der Waals surface area contributed by atoms with E-state index in [0.717, 1.165) is 0 Å². The van der Waals surface area contributed by atoms with Gasteiger partial charge in [-0.1, -0.05) is 20.8 Å². The van der Waals surface area contributed by atoms with Crippen LogP contribution in [0.1, 0.15) is 41.0 Å². The number of aliphatic hydroxyl groups is 1. The SMILES string of the molecule is CC(C)CC(C)(O)CNC(=O)C(C)C(C)N. The van der Waals surface area contributed by atoms with Crippen LogP contribution in [0.2, 0.25) is 0 Å². The third-order valence-electron chi connectivity index (χ3n) is 2.69. The van der Waals surface area contributed by atoms with Crippen LogP contribution in [0.5, 0.6) is 0 Å². The summed E-state index contributed by atoms with van der Waals surface area (Å²) in [6, 6.07) is -0.171. The van der Waals surface area contributed by atoms with Gasteiger partial charge in [-0.2, -0.15) is 0 Å². The standard InChI is InChI=1S/C12H26N2O2/c1-8(2)6-12(5,16)7-14-11(15)9(3)10(4)13/h8-10,16H,6-7,13H2,1-5H3,(H,14,15). The van der Waals surface area contributed by atoms with E-state index in [1.807, 2.05) is 13.8 Å². The molecule has 16 heavy (non-hydrogen) atoms. The lowest BCUT2D eigenvalue weighted by Gasteiger charge is -2.26. The largest absolute Gasteiger partial charge is 0.388 e. The smallest absolute Gasteiger partial charge is 0.224 e. The Hall–Kier alpha value is -0.610. The van der Waals surface area contributed by atoms with Crippen molar-refractivity contribution in [3.05, 3.63) is 0 Å². The second kappa shape index (κ2) is 6.21. The van der Waals surface area contributed by atoms with Gasteiger partial charge in [0.2, 0.25) is 5.91 Å². The van der Waals surface area contributed by atoms with E-state index in [9.17, 15) is 9.90 Å². The number of hydrogen-bond acceptors (Lipinski definition) is 3. The Kier molecular flexibility index (Phi) is 5.97. The van der Waals surface area contributed by atoms with Crippen molar-refractivity contribution in [2.24, 2.45) is 17.6 Å². The predicted octanol–water partition coefficient (Wildman–Crippen LogP) is 0.883. The van der Waals surface area contributed by atoms with Crippen LogP contribution in [0.3, 0.4) is 0 Å². The van der Waals surface area contributed by atoms with Crippen LogP contribution >= 0.6 is 0 Å². The van der Waals surface area contributed by atoms with Crippen molar-refractivity contribution in [3.8, 4) is 0 Å². The molecule has 0 aromatic carbocycles. The highest BCUT2D eigenvalue weighted by Crippen LogP contribution is 2.15. The molecule has 0 aromatic rings. The quantitative estimate of drug-likeness (QED) is 0.634. The Morgan fingerprint density at radius 1 is 1.38 bits per heavy atom. The summed E-state index contributed by atoms with van der Waals surface area (Å²) in [5.41, 5.74) is 4.79. The van der Waals surface area contributed by atoms with Gasteiger partial charge in [-0.3, -0.25) is 4.79 Å². The molecule has 3 unspecified atom stereocenters. The molecule has 1 amide bonds. The van der Waals surface area contributed by atoms with Gasteiger partial charge in [-0.25, -0.2) is 0 Å². The van der Waals surface area contributed by atoms with Gasteiger partial charge in [0.1, 0.15) is 0 Å². The van der Waals surface area contributed by atoms with Crippen LogP contribution in [0.4, 0.5) is 0 Å². The van der Waals surface area contributed by atoms with E-state index in [0.29, 0.717) is 12.3 Å². The first-order valence-corrected chi connectivity index (χ1v) is 5.91. The highest BCUT2D eigenvalue weighted by Gasteiger charge is 2.24. The summed E-state index contributed by atoms with van der Waals surface area (Å²) in [5.74, 6) is 0.0756. The maximum atomic E-state index is 11.6. The van der Waals surface area contributed by atoms with E-state index < -0.39 is 5.60 Å². The Morgan fingerprint density at radius 3 is 2.25 bits per heavy atom. The molecular weight excluding hydrogens is 204 g/mol. The highest BCUT2D eigenvalue weighted by molar-refractivity contribution is 5.78. The zero-order valence-corrected chi connectivity index (χ0v) is 11.1. The summed E-state index contributed by atoms with van der Waals surface area (Å²) in [4.78, 5) is 11.6. The fraction of sp³-hybridized carbons (Fsp3) is 0.917. The van der Waals surface area contributed by atoms with Gasteiger partial charge in [0.05, 0.1) is 5.60 Å². The zero-order chi connectivity index (χ0) is 12.9. The normalized spacial score (nSPS) is 19.0. The zero-order valence-electron chi connectivity index (χ0n) is 11.1. The van der Waals surface area contributed by atoms with Crippen LogP contribution in [0.25, 0.3) is 0 Å². The third-order valence-corrected chi connectivity index (χ3v) is 2.69. The number of carbonyl (C=O) groups excluding carboxylic acids is 1. The van der Waals surface area contributed by atoms with Crippen molar-refractivity contribution in [1.29, 1.82) is 0 Å². The first-order valence-electron chi connectivity index (χ1n) is 5.91. The average Bonchev–Trinajstić information content (AvgIpc) is 2.10. The summed E-state index contributed by atoms with van der Waals surface area (Å²) in [6.07, 6.45) is 0.667. The fourth-order valence-corrected chi connectivity index (χ4v) is 1.63. The summed E-state index contributed by atoms with van der Waals surface area (Å²) in [7, 11) is 0. The summed E-state index contributed by atoms with van der Waals surface area (Å²) < 4.78 is 0. The number of nitrogens with one attached hydrogen (secondary N) is 1. The Bertz CT molecular complexity index is 225. The molecule has 0 rings (SSSR count). The third kappa shape index (κ3) is 6.08. The van der Waals surface area contributed by atoms with Gasteiger partial charge in [0.25, 0.3) is 0 Å². The van der Waals surface area contributed by atoms with Crippen molar-refractivity contribution in [2.75, 3.05) is 6.54 Å². The van der Waals surface area contributed by atoms with Crippen molar-refractivity contribution in [1.82, 2.24) is 5.32 Å². The fourth-order valence-electron chi connectivity index (χ4n) is 1.63. The molecule has 0 fully saturated rings. The summed E-state index contributed by atoms with van der Waals surface area (Å²) >= 11 is 0. The summed E-state index contributed by atoms with van der Waals surface area (Å²) in [6.45, 7) is 9.69. The van der Waals surface area contributed by atoms with E-state index in [4.69, 9.17) is 5.73 Å². The van der Waals surface area contributed by atoms with Crippen LogP contribution in [0.15, 0.2) is 0 Å². The molecular formula is C12H26N2O2. The van der Waals surface area contributed by atoms with Gasteiger partial charge in [0, 0.05) is 18.5 Å². The van der Waals surface area contributed by atoms with Gasteiger partial charge in [-0.05, 0) is 26.2 Å². The Labute approximate surface area is 98.6 Å². The van der Waals surface area contributed by atoms with Gasteiger partial charge < -0.3 is 16.2 Å². The molecule has 96 valence electrons. The molecule has 0 bridgehead atoms. The van der Waals surface area contributed by atoms with E-state index >= 15 is 0 Å². The lowest BCUT2D eigenvalue weighted by molar-refractivity contribution is -0.126. The lowest BCUT2D eigenvalue weighted by Crippen LogP contribution is -2.46. The van der Waals surface area contributed by atoms with E-state index in [1.54, 1.807) is 20.8 Å². The number of carbonyl (C=O) groups is 1. The predicted molar refractivity (Wildman–Crippen MR) is 65.9 cm³/mol. The Balaban J connectivity index is 4.09. The monoisotopic (exact) mass is 230 g/mol. The molecule has 4 N–H and O–H groups in total. The first-order chi connectivity index (χ1) is 7.15. The molecule has 0 heterocycles. The molecule has 0 aliphatic carbocycles. The van der Waals surface area contributed by atoms with Gasteiger partial charge >= 0.3 is 0 Å². The second-order valence-corrected chi connectivity index (χ2v) is 5.46. The highest BCUT2D eigenvalue weighted by atomic mass is 16.3. The van der Waals surface area contributed by atoms with Crippen molar-refractivity contribution in [3.63, 3.8) is 0 Å². The van der Waals surface area contributed by atoms with Crippen LogP contribution in [0, 0.1) is 11.8 Å². The topological polar surface area (TPSA) is 75.3 Å². The van der Waals surface area contributed by atoms with Crippen LogP contribution in [-0.2, 0) is 4.79 Å². The number of amides is 1. The van der Waals surface area contributed by atoms with Crippen LogP contribution in [-0.4, -0.2) is 29.2 Å². The molecule has 0 aromatic heterocycles. The van der Waals surface area contributed by atoms with E-state index in [1.165, 1.54) is 0 Å². The molecule has 0 spiro atoms. The van der Waals surface area contributed by atoms with Gasteiger partial charge in [-0.15, -0.1) is 0 Å². The van der Waals surface area contributed by atoms with E-state index in [-0.39, 0.29) is 24.4 Å². The summed E-state index contributed by atoms with van der Waals surface area (Å²) in [5, 5.41) is 12.7. The average molecular weight is 230 g/mol. The first kappa shape index (κ1) is 15.4. The minimum Gasteiger partial charge on any atom is -0.388 e. The second-order valence-electron chi connectivity index (χ2n) is 5.46. The van der Waals surface area contributed by atoms with Crippen molar-refractivity contribution >= 4 is 5.91 Å². The molecule has 4 nitrogen and oxygen atoms in total. The minimum atomic E-state index is -0.846. The lowest BCUT2D eigenvalue weighted by atomic mass is 9.94. The molecule has 0 aliphatic heterocycles. The number of nitrogens with two attached hydrogens (primary N) is 1. The molecule has 0 saturated heterocycles. The van der Waals surface area contributed by atoms with Crippen LogP contribution < -0.4 is 11.1 Å².